The fourth-order valence-electron chi connectivity index (χ4n) is 1.86. The van der Waals surface area contributed by atoms with Gasteiger partial charge in [-0.25, -0.2) is 9.78 Å². The molecular formula is C14H8ClF3N2O5. The summed E-state index contributed by atoms with van der Waals surface area (Å²) >= 11 is 5.69. The Morgan fingerprint density at radius 3 is 2.52 bits per heavy atom. The first-order valence-corrected chi connectivity index (χ1v) is 6.80. The predicted molar refractivity (Wildman–Crippen MR) is 78.8 cm³/mol. The highest BCUT2D eigenvalue weighted by Gasteiger charge is 2.41. The number of carbonyl (C=O) groups is 1. The second-order valence-electron chi connectivity index (χ2n) is 4.48. The molecule has 0 radical (unpaired) electrons. The quantitative estimate of drug-likeness (QED) is 0.450. The fraction of sp³-hybridized carbons (Fsp3) is 0.143. The lowest BCUT2D eigenvalue weighted by Crippen LogP contribution is -2.11. The molecule has 0 bridgehead atoms. The van der Waals surface area contributed by atoms with Gasteiger partial charge in [0.25, 0.3) is 0 Å². The molecule has 0 N–H and O–H groups in total. The summed E-state index contributed by atoms with van der Waals surface area (Å²) in [6.45, 7) is 0. The minimum atomic E-state index is -5.03. The van der Waals surface area contributed by atoms with Crippen molar-refractivity contribution in [3.8, 4) is 11.6 Å². The zero-order chi connectivity index (χ0) is 18.8. The molecule has 1 aromatic carbocycles. The van der Waals surface area contributed by atoms with Crippen molar-refractivity contribution in [3.63, 3.8) is 0 Å². The van der Waals surface area contributed by atoms with E-state index in [0.29, 0.717) is 0 Å². The molecule has 0 atom stereocenters. The van der Waals surface area contributed by atoms with Crippen molar-refractivity contribution < 1.29 is 32.4 Å². The van der Waals surface area contributed by atoms with Crippen molar-refractivity contribution in [2.45, 2.75) is 6.18 Å². The first-order chi connectivity index (χ1) is 11.7. The van der Waals surface area contributed by atoms with Crippen LogP contribution in [-0.2, 0) is 10.9 Å². The summed E-state index contributed by atoms with van der Waals surface area (Å²) in [5.41, 5.74) is -3.07. The molecule has 0 saturated heterocycles. The summed E-state index contributed by atoms with van der Waals surface area (Å²) in [7, 11) is 1.12. The molecule has 1 heterocycles. The molecule has 2 rings (SSSR count). The number of alkyl halides is 3. The van der Waals surface area contributed by atoms with E-state index < -0.39 is 39.2 Å². The number of para-hydroxylation sites is 1. The lowest BCUT2D eigenvalue weighted by molar-refractivity contribution is -0.388. The van der Waals surface area contributed by atoms with E-state index in [1.165, 1.54) is 24.3 Å². The third-order valence-corrected chi connectivity index (χ3v) is 3.29. The van der Waals surface area contributed by atoms with E-state index in [2.05, 4.69) is 9.72 Å². The van der Waals surface area contributed by atoms with E-state index in [-0.39, 0.29) is 17.5 Å². The Kier molecular flexibility index (Phi) is 5.12. The Balaban J connectivity index is 2.55. The summed E-state index contributed by atoms with van der Waals surface area (Å²) in [6.07, 6.45) is -4.79. The van der Waals surface area contributed by atoms with Crippen LogP contribution >= 0.6 is 11.6 Å². The third kappa shape index (κ3) is 3.79. The van der Waals surface area contributed by atoms with Crippen molar-refractivity contribution in [3.05, 3.63) is 56.7 Å². The van der Waals surface area contributed by atoms with Gasteiger partial charge in [-0.05, 0) is 12.1 Å². The predicted octanol–water partition coefficient (Wildman–Crippen LogP) is 4.24. The number of carbonyl (C=O) groups excluding carboxylic acids is 1. The standard InChI is InChI=1S/C14H8ClF3N2O5/c1-24-13(21)7-4-2-3-5-9(7)25-12-10(15)11(20(22)23)8(6-19-12)14(16,17)18/h2-6H,1H3. The van der Waals surface area contributed by atoms with Crippen LogP contribution in [0, 0.1) is 10.1 Å². The van der Waals surface area contributed by atoms with Gasteiger partial charge in [0.1, 0.15) is 11.3 Å². The normalized spacial score (nSPS) is 11.1. The minimum Gasteiger partial charge on any atom is -0.465 e. The lowest BCUT2D eigenvalue weighted by Gasteiger charge is -2.12. The van der Waals surface area contributed by atoms with E-state index in [1.807, 2.05) is 0 Å². The Morgan fingerprint density at radius 1 is 1.32 bits per heavy atom. The molecule has 0 amide bonds. The first kappa shape index (κ1) is 18.5. The van der Waals surface area contributed by atoms with E-state index in [9.17, 15) is 28.1 Å². The fourth-order valence-corrected chi connectivity index (χ4v) is 2.11. The number of halogens is 4. The summed E-state index contributed by atoms with van der Waals surface area (Å²) < 4.78 is 48.3. The number of hydrogen-bond acceptors (Lipinski definition) is 6. The van der Waals surface area contributed by atoms with Crippen LogP contribution < -0.4 is 4.74 Å². The van der Waals surface area contributed by atoms with Gasteiger partial charge < -0.3 is 9.47 Å². The smallest absolute Gasteiger partial charge is 0.424 e. The second kappa shape index (κ2) is 6.93. The molecular weight excluding hydrogens is 369 g/mol. The molecule has 7 nitrogen and oxygen atoms in total. The van der Waals surface area contributed by atoms with Gasteiger partial charge in [-0.2, -0.15) is 13.2 Å². The average molecular weight is 377 g/mol. The number of aromatic nitrogens is 1. The molecule has 0 aliphatic heterocycles. The van der Waals surface area contributed by atoms with Crippen LogP contribution in [0.2, 0.25) is 5.02 Å². The molecule has 0 spiro atoms. The van der Waals surface area contributed by atoms with Crippen molar-refractivity contribution in [1.82, 2.24) is 4.98 Å². The zero-order valence-electron chi connectivity index (χ0n) is 12.3. The van der Waals surface area contributed by atoms with Gasteiger partial charge in [-0.3, -0.25) is 10.1 Å². The van der Waals surface area contributed by atoms with E-state index >= 15 is 0 Å². The van der Waals surface area contributed by atoms with Crippen molar-refractivity contribution >= 4 is 23.3 Å². The number of hydrogen-bond donors (Lipinski definition) is 0. The van der Waals surface area contributed by atoms with Crippen molar-refractivity contribution in [2.75, 3.05) is 7.11 Å². The van der Waals surface area contributed by atoms with Crippen LogP contribution in [0.4, 0.5) is 18.9 Å². The van der Waals surface area contributed by atoms with Gasteiger partial charge in [0.15, 0.2) is 10.6 Å². The zero-order valence-corrected chi connectivity index (χ0v) is 13.1. The van der Waals surface area contributed by atoms with Gasteiger partial charge >= 0.3 is 17.8 Å². The van der Waals surface area contributed by atoms with Crippen LogP contribution in [0.1, 0.15) is 15.9 Å². The highest BCUT2D eigenvalue weighted by molar-refractivity contribution is 6.34. The van der Waals surface area contributed by atoms with E-state index in [4.69, 9.17) is 16.3 Å². The molecule has 2 aromatic rings. The number of pyridine rings is 1. The van der Waals surface area contributed by atoms with Crippen LogP contribution in [-0.4, -0.2) is 23.0 Å². The number of methoxy groups -OCH3 is 1. The van der Waals surface area contributed by atoms with Crippen molar-refractivity contribution in [2.24, 2.45) is 0 Å². The number of ether oxygens (including phenoxy) is 2. The van der Waals surface area contributed by atoms with Gasteiger partial charge in [0.2, 0.25) is 5.88 Å². The summed E-state index contributed by atoms with van der Waals surface area (Å²) in [6, 6.07) is 5.58. The Bertz CT molecular complexity index is 842. The maximum atomic E-state index is 12.9. The third-order valence-electron chi connectivity index (χ3n) is 2.95. The van der Waals surface area contributed by atoms with Gasteiger partial charge in [0, 0.05) is 0 Å². The molecule has 0 unspecified atom stereocenters. The highest BCUT2D eigenvalue weighted by atomic mass is 35.5. The highest BCUT2D eigenvalue weighted by Crippen LogP contribution is 2.43. The number of benzene rings is 1. The van der Waals surface area contributed by atoms with Crippen LogP contribution in [0.5, 0.6) is 11.6 Å². The topological polar surface area (TPSA) is 91.6 Å². The lowest BCUT2D eigenvalue weighted by atomic mass is 10.2. The molecule has 132 valence electrons. The number of esters is 1. The Morgan fingerprint density at radius 2 is 1.96 bits per heavy atom. The maximum Gasteiger partial charge on any atom is 0.424 e. The largest absolute Gasteiger partial charge is 0.465 e. The second-order valence-corrected chi connectivity index (χ2v) is 4.86. The molecule has 0 aliphatic carbocycles. The van der Waals surface area contributed by atoms with E-state index in [0.717, 1.165) is 7.11 Å². The van der Waals surface area contributed by atoms with Crippen LogP contribution in [0.3, 0.4) is 0 Å². The summed E-state index contributed by atoms with van der Waals surface area (Å²) in [4.78, 5) is 24.7. The monoisotopic (exact) mass is 376 g/mol. The molecule has 0 fully saturated rings. The maximum absolute atomic E-state index is 12.9. The molecule has 11 heteroatoms. The average Bonchev–Trinajstić information content (AvgIpc) is 2.54. The molecule has 0 saturated carbocycles. The molecule has 25 heavy (non-hydrogen) atoms. The Labute approximate surface area is 143 Å². The molecule has 1 aromatic heterocycles. The number of nitrogens with zero attached hydrogens (tertiary/aromatic N) is 2. The summed E-state index contributed by atoms with van der Waals surface area (Å²) in [5.74, 6) is -1.58. The van der Waals surface area contributed by atoms with Crippen molar-refractivity contribution in [1.29, 1.82) is 0 Å². The molecule has 0 aliphatic rings. The Hall–Kier alpha value is -2.88. The minimum absolute atomic E-state index is 0.0644. The van der Waals surface area contributed by atoms with E-state index in [1.54, 1.807) is 0 Å². The van der Waals surface area contributed by atoms with Gasteiger partial charge in [-0.1, -0.05) is 23.7 Å². The number of rotatable bonds is 4. The first-order valence-electron chi connectivity index (χ1n) is 6.42. The van der Waals surface area contributed by atoms with Crippen LogP contribution in [0.25, 0.3) is 0 Å². The summed E-state index contributed by atoms with van der Waals surface area (Å²) in [5, 5.41) is 10.0. The van der Waals surface area contributed by atoms with Crippen LogP contribution in [0.15, 0.2) is 30.5 Å². The number of nitro groups is 1. The van der Waals surface area contributed by atoms with Gasteiger partial charge in [0.05, 0.1) is 18.2 Å². The SMILES string of the molecule is COC(=O)c1ccccc1Oc1ncc(C(F)(F)F)c([N+](=O)[O-])c1Cl. The van der Waals surface area contributed by atoms with Gasteiger partial charge in [-0.15, -0.1) is 0 Å².